The van der Waals surface area contributed by atoms with E-state index in [4.69, 9.17) is 4.74 Å². The Morgan fingerprint density at radius 1 is 1.13 bits per heavy atom. The maximum Gasteiger partial charge on any atom is 0.326 e. The Balaban J connectivity index is 1.67. The van der Waals surface area contributed by atoms with Gasteiger partial charge < -0.3 is 10.1 Å². The van der Waals surface area contributed by atoms with Gasteiger partial charge >= 0.3 is 5.97 Å². The van der Waals surface area contributed by atoms with Crippen molar-refractivity contribution in [3.63, 3.8) is 0 Å². The Kier molecular flexibility index (Phi) is 6.84. The third kappa shape index (κ3) is 4.99. The van der Waals surface area contributed by atoms with E-state index in [1.807, 2.05) is 37.3 Å². The number of esters is 1. The molecule has 7 heteroatoms. The van der Waals surface area contributed by atoms with E-state index in [-0.39, 0.29) is 18.0 Å². The minimum atomic E-state index is -1.01. The second-order valence-corrected chi connectivity index (χ2v) is 7.67. The van der Waals surface area contributed by atoms with Crippen LogP contribution in [-0.4, -0.2) is 27.5 Å². The van der Waals surface area contributed by atoms with Crippen LogP contribution in [0.15, 0.2) is 53.6 Å². The first kappa shape index (κ1) is 22.2. The van der Waals surface area contributed by atoms with E-state index in [9.17, 15) is 14.4 Å². The molecule has 2 aromatic carbocycles. The summed E-state index contributed by atoms with van der Waals surface area (Å²) in [6.45, 7) is 7.22. The molecule has 162 valence electrons. The van der Waals surface area contributed by atoms with Gasteiger partial charge in [0.15, 0.2) is 6.10 Å². The smallest absolute Gasteiger partial charge is 0.326 e. The number of rotatable bonds is 7. The summed E-state index contributed by atoms with van der Waals surface area (Å²) in [5.74, 6) is -0.831. The zero-order valence-corrected chi connectivity index (χ0v) is 18.2. The Labute approximate surface area is 181 Å². The summed E-state index contributed by atoms with van der Waals surface area (Å²) in [6.07, 6.45) is 1.25. The summed E-state index contributed by atoms with van der Waals surface area (Å²) in [4.78, 5) is 41.9. The van der Waals surface area contributed by atoms with Crippen LogP contribution in [0.2, 0.25) is 0 Å². The van der Waals surface area contributed by atoms with Crippen LogP contribution < -0.4 is 10.9 Å². The van der Waals surface area contributed by atoms with Crippen LogP contribution in [-0.2, 0) is 20.9 Å². The quantitative estimate of drug-likeness (QED) is 0.586. The normalized spacial score (nSPS) is 12.9. The number of aromatic nitrogens is 2. The molecule has 3 aromatic rings. The number of ether oxygens (including phenoxy) is 1. The van der Waals surface area contributed by atoms with Crippen molar-refractivity contribution in [1.82, 2.24) is 9.55 Å². The van der Waals surface area contributed by atoms with Gasteiger partial charge in [0, 0.05) is 5.69 Å². The number of carbonyl (C=O) groups excluding carboxylic acids is 2. The van der Waals surface area contributed by atoms with Gasteiger partial charge in [-0.25, -0.2) is 4.98 Å². The molecular formula is C24H27N3O4. The number of fused-ring (bicyclic) bond motifs is 1. The highest BCUT2D eigenvalue weighted by atomic mass is 16.5. The standard InChI is InChI=1S/C24H27N3O4/c1-5-15(2)18-10-6-7-12-20(18)26-23(29)17(4)31-21(28)13-27-14-25-22-16(3)9-8-11-19(22)24(27)30/h6-12,14-15,17H,5,13H2,1-4H3,(H,26,29). The van der Waals surface area contributed by atoms with Crippen molar-refractivity contribution < 1.29 is 14.3 Å². The van der Waals surface area contributed by atoms with Gasteiger partial charge in [-0.05, 0) is 49.4 Å². The number of para-hydroxylation sites is 2. The van der Waals surface area contributed by atoms with E-state index in [0.717, 1.165) is 17.5 Å². The van der Waals surface area contributed by atoms with Crippen LogP contribution in [0.25, 0.3) is 10.9 Å². The van der Waals surface area contributed by atoms with Gasteiger partial charge in [0.25, 0.3) is 11.5 Å². The molecule has 1 amide bonds. The lowest BCUT2D eigenvalue weighted by atomic mass is 9.97. The Bertz CT molecular complexity index is 1170. The van der Waals surface area contributed by atoms with E-state index in [1.54, 1.807) is 12.1 Å². The summed E-state index contributed by atoms with van der Waals surface area (Å²) in [6, 6.07) is 12.9. The van der Waals surface area contributed by atoms with Crippen molar-refractivity contribution in [2.45, 2.75) is 52.7 Å². The van der Waals surface area contributed by atoms with Gasteiger partial charge in [0.05, 0.1) is 17.2 Å². The molecule has 0 saturated heterocycles. The highest BCUT2D eigenvalue weighted by Gasteiger charge is 2.20. The van der Waals surface area contributed by atoms with Crippen molar-refractivity contribution in [3.05, 3.63) is 70.3 Å². The summed E-state index contributed by atoms with van der Waals surface area (Å²) in [5.41, 5.74) is 2.89. The average molecular weight is 421 g/mol. The summed E-state index contributed by atoms with van der Waals surface area (Å²) >= 11 is 0. The van der Waals surface area contributed by atoms with Gasteiger partial charge in [-0.3, -0.25) is 19.0 Å². The van der Waals surface area contributed by atoms with E-state index in [2.05, 4.69) is 24.1 Å². The number of hydrogen-bond acceptors (Lipinski definition) is 5. The van der Waals surface area contributed by atoms with Crippen LogP contribution in [0.4, 0.5) is 5.69 Å². The second-order valence-electron chi connectivity index (χ2n) is 7.67. The molecule has 0 aliphatic rings. The molecule has 0 spiro atoms. The maximum absolute atomic E-state index is 12.6. The first-order chi connectivity index (χ1) is 14.8. The summed E-state index contributed by atoms with van der Waals surface area (Å²) in [5, 5.41) is 3.27. The molecule has 0 aliphatic carbocycles. The van der Waals surface area contributed by atoms with Crippen molar-refractivity contribution >= 4 is 28.5 Å². The summed E-state index contributed by atoms with van der Waals surface area (Å²) in [7, 11) is 0. The largest absolute Gasteiger partial charge is 0.451 e. The van der Waals surface area contributed by atoms with E-state index < -0.39 is 18.0 Å². The number of aryl methyl sites for hydroxylation is 1. The Morgan fingerprint density at radius 3 is 2.61 bits per heavy atom. The summed E-state index contributed by atoms with van der Waals surface area (Å²) < 4.78 is 6.45. The topological polar surface area (TPSA) is 90.3 Å². The highest BCUT2D eigenvalue weighted by Crippen LogP contribution is 2.26. The SMILES string of the molecule is CCC(C)c1ccccc1NC(=O)C(C)OC(=O)Cn1cnc2c(C)cccc2c1=O. The number of hydrogen-bond donors (Lipinski definition) is 1. The monoisotopic (exact) mass is 421 g/mol. The molecule has 1 heterocycles. The zero-order chi connectivity index (χ0) is 22.5. The molecule has 1 N–H and O–H groups in total. The minimum absolute atomic E-state index is 0.283. The lowest BCUT2D eigenvalue weighted by molar-refractivity contribution is -0.153. The van der Waals surface area contributed by atoms with Crippen LogP contribution in [0.5, 0.6) is 0 Å². The number of nitrogens with zero attached hydrogens (tertiary/aromatic N) is 2. The van der Waals surface area contributed by atoms with Gasteiger partial charge in [-0.15, -0.1) is 0 Å². The molecular weight excluding hydrogens is 394 g/mol. The van der Waals surface area contributed by atoms with Crippen molar-refractivity contribution in [1.29, 1.82) is 0 Å². The molecule has 0 saturated carbocycles. The highest BCUT2D eigenvalue weighted by molar-refractivity contribution is 5.95. The second kappa shape index (κ2) is 9.55. The van der Waals surface area contributed by atoms with Crippen LogP contribution in [0.1, 0.15) is 44.2 Å². The zero-order valence-electron chi connectivity index (χ0n) is 18.2. The molecule has 0 radical (unpaired) electrons. The van der Waals surface area contributed by atoms with Crippen LogP contribution >= 0.6 is 0 Å². The third-order valence-electron chi connectivity index (χ3n) is 5.39. The predicted molar refractivity (Wildman–Crippen MR) is 120 cm³/mol. The fourth-order valence-electron chi connectivity index (χ4n) is 3.37. The van der Waals surface area contributed by atoms with Crippen molar-refractivity contribution in [3.8, 4) is 0 Å². The van der Waals surface area contributed by atoms with Crippen LogP contribution in [0.3, 0.4) is 0 Å². The van der Waals surface area contributed by atoms with E-state index in [1.165, 1.54) is 17.8 Å². The molecule has 0 aliphatic heterocycles. The number of amides is 1. The number of nitrogens with one attached hydrogen (secondary N) is 1. The molecule has 1 aromatic heterocycles. The fourth-order valence-corrected chi connectivity index (χ4v) is 3.37. The third-order valence-corrected chi connectivity index (χ3v) is 5.39. The number of benzene rings is 2. The van der Waals surface area contributed by atoms with Crippen molar-refractivity contribution in [2.75, 3.05) is 5.32 Å². The molecule has 0 bridgehead atoms. The minimum Gasteiger partial charge on any atom is -0.451 e. The first-order valence-electron chi connectivity index (χ1n) is 10.4. The fraction of sp³-hybridized carbons (Fsp3) is 0.333. The lowest BCUT2D eigenvalue weighted by Crippen LogP contribution is -2.33. The van der Waals surface area contributed by atoms with Crippen molar-refractivity contribution in [2.24, 2.45) is 0 Å². The van der Waals surface area contributed by atoms with Gasteiger partial charge in [0.1, 0.15) is 6.54 Å². The Hall–Kier alpha value is -3.48. The molecule has 3 rings (SSSR count). The van der Waals surface area contributed by atoms with E-state index in [0.29, 0.717) is 16.6 Å². The molecule has 2 unspecified atom stereocenters. The van der Waals surface area contributed by atoms with Gasteiger partial charge in [0.2, 0.25) is 0 Å². The van der Waals surface area contributed by atoms with E-state index >= 15 is 0 Å². The average Bonchev–Trinajstić information content (AvgIpc) is 2.76. The number of anilines is 1. The first-order valence-corrected chi connectivity index (χ1v) is 10.4. The molecule has 7 nitrogen and oxygen atoms in total. The van der Waals surface area contributed by atoms with Crippen LogP contribution in [0, 0.1) is 6.92 Å². The molecule has 31 heavy (non-hydrogen) atoms. The lowest BCUT2D eigenvalue weighted by Gasteiger charge is -2.18. The number of carbonyl (C=O) groups is 2. The van der Waals surface area contributed by atoms with Gasteiger partial charge in [-0.2, -0.15) is 0 Å². The Morgan fingerprint density at radius 2 is 1.87 bits per heavy atom. The maximum atomic E-state index is 12.6. The molecule has 0 fully saturated rings. The van der Waals surface area contributed by atoms with Gasteiger partial charge in [-0.1, -0.05) is 44.2 Å². The predicted octanol–water partition coefficient (Wildman–Crippen LogP) is 3.79. The molecule has 2 atom stereocenters.